The van der Waals surface area contributed by atoms with Crippen molar-refractivity contribution in [1.82, 2.24) is 4.90 Å². The van der Waals surface area contributed by atoms with E-state index in [0.717, 1.165) is 58.0 Å². The summed E-state index contributed by atoms with van der Waals surface area (Å²) in [7, 11) is 0. The Balaban J connectivity index is 1.27. The Morgan fingerprint density at radius 3 is 2.18 bits per heavy atom. The van der Waals surface area contributed by atoms with E-state index in [4.69, 9.17) is 9.47 Å². The number of ether oxygens (including phenoxy) is 2. The summed E-state index contributed by atoms with van der Waals surface area (Å²) in [4.78, 5) is 14.3. The molecule has 0 bridgehead atoms. The van der Waals surface area contributed by atoms with Crippen molar-refractivity contribution in [2.75, 3.05) is 19.6 Å². The van der Waals surface area contributed by atoms with Gasteiger partial charge in [0.15, 0.2) is 0 Å². The van der Waals surface area contributed by atoms with Gasteiger partial charge in [0.25, 0.3) is 0 Å². The van der Waals surface area contributed by atoms with E-state index in [1.807, 2.05) is 32.9 Å². The number of halogens is 3. The lowest BCUT2D eigenvalue weighted by molar-refractivity contribution is -0.155. The molecule has 1 heterocycles. The largest absolute Gasteiger partial charge is 0.489 e. The van der Waals surface area contributed by atoms with Gasteiger partial charge in [-0.05, 0) is 106 Å². The minimum atomic E-state index is -4.37. The second-order valence-electron chi connectivity index (χ2n) is 12.1. The summed E-state index contributed by atoms with van der Waals surface area (Å²) in [5.74, 6) is 0.932. The van der Waals surface area contributed by atoms with Crippen LogP contribution in [0.25, 0.3) is 0 Å². The molecule has 4 nitrogen and oxygen atoms in total. The Hall–Kier alpha value is -2.54. The average Bonchev–Trinajstić information content (AvgIpc) is 2.90. The molecule has 0 unspecified atom stereocenters. The summed E-state index contributed by atoms with van der Waals surface area (Å²) < 4.78 is 52.9. The fourth-order valence-electron chi connectivity index (χ4n) is 5.84. The Morgan fingerprint density at radius 2 is 1.56 bits per heavy atom. The molecule has 0 aromatic heterocycles. The van der Waals surface area contributed by atoms with Crippen LogP contribution in [-0.4, -0.2) is 36.1 Å². The van der Waals surface area contributed by atoms with Crippen molar-refractivity contribution in [2.45, 2.75) is 102 Å². The van der Waals surface area contributed by atoms with E-state index in [-0.39, 0.29) is 18.5 Å². The molecule has 0 atom stereocenters. The first kappa shape index (κ1) is 29.4. The van der Waals surface area contributed by atoms with Crippen LogP contribution in [0.3, 0.4) is 0 Å². The van der Waals surface area contributed by atoms with Crippen LogP contribution in [0.1, 0.15) is 106 Å². The molecule has 0 radical (unpaired) electrons. The van der Waals surface area contributed by atoms with Crippen molar-refractivity contribution in [3.8, 4) is 5.75 Å². The molecule has 7 heteroatoms. The summed E-state index contributed by atoms with van der Waals surface area (Å²) >= 11 is 0. The Kier molecular flexibility index (Phi) is 9.63. The molecule has 214 valence electrons. The van der Waals surface area contributed by atoms with E-state index < -0.39 is 17.3 Å². The lowest BCUT2D eigenvalue weighted by Crippen LogP contribution is -2.35. The second-order valence-corrected chi connectivity index (χ2v) is 12.1. The summed E-state index contributed by atoms with van der Waals surface area (Å²) in [6, 6.07) is 12.7. The van der Waals surface area contributed by atoms with Crippen LogP contribution in [0.15, 0.2) is 42.5 Å². The first-order valence-electron chi connectivity index (χ1n) is 14.3. The maximum Gasteiger partial charge on any atom is 0.416 e. The topological polar surface area (TPSA) is 38.8 Å². The number of likely N-dealkylation sites (tertiary alicyclic amines) is 1. The zero-order chi connectivity index (χ0) is 28.0. The number of carbonyl (C=O) groups excluding carboxylic acids is 1. The van der Waals surface area contributed by atoms with Crippen LogP contribution in [0.2, 0.25) is 0 Å². The van der Waals surface area contributed by atoms with Crippen molar-refractivity contribution in [3.63, 3.8) is 0 Å². The van der Waals surface area contributed by atoms with Crippen molar-refractivity contribution in [3.05, 3.63) is 64.7 Å². The Morgan fingerprint density at radius 1 is 0.897 bits per heavy atom. The van der Waals surface area contributed by atoms with Crippen LogP contribution in [0.4, 0.5) is 13.2 Å². The van der Waals surface area contributed by atoms with Gasteiger partial charge in [0.2, 0.25) is 0 Å². The first-order valence-corrected chi connectivity index (χ1v) is 14.3. The zero-order valence-electron chi connectivity index (χ0n) is 23.5. The maximum atomic E-state index is 13.9. The summed E-state index contributed by atoms with van der Waals surface area (Å²) in [6.07, 6.45) is 2.83. The second kappa shape index (κ2) is 12.8. The highest BCUT2D eigenvalue weighted by Crippen LogP contribution is 2.41. The number of carbonyl (C=O) groups is 1. The van der Waals surface area contributed by atoms with Gasteiger partial charge in [0.1, 0.15) is 18.0 Å². The van der Waals surface area contributed by atoms with Gasteiger partial charge in [-0.25, -0.2) is 0 Å². The van der Waals surface area contributed by atoms with E-state index >= 15 is 0 Å². The minimum Gasteiger partial charge on any atom is -0.489 e. The van der Waals surface area contributed by atoms with Crippen molar-refractivity contribution in [1.29, 1.82) is 0 Å². The normalized spacial score (nSPS) is 18.2. The Labute approximate surface area is 230 Å². The third-order valence-electron chi connectivity index (χ3n) is 7.86. The van der Waals surface area contributed by atoms with Crippen molar-refractivity contribution >= 4 is 5.97 Å². The summed E-state index contributed by atoms with van der Waals surface area (Å²) in [6.45, 7) is 8.32. The van der Waals surface area contributed by atoms with Gasteiger partial charge >= 0.3 is 12.1 Å². The molecule has 2 aliphatic rings. The van der Waals surface area contributed by atoms with Gasteiger partial charge in [0, 0.05) is 6.54 Å². The van der Waals surface area contributed by atoms with Gasteiger partial charge in [0.05, 0.1) is 12.0 Å². The van der Waals surface area contributed by atoms with E-state index in [1.165, 1.54) is 11.6 Å². The third kappa shape index (κ3) is 8.72. The minimum absolute atomic E-state index is 0.00488. The summed E-state index contributed by atoms with van der Waals surface area (Å²) in [5.41, 5.74) is 1.25. The van der Waals surface area contributed by atoms with Crippen LogP contribution < -0.4 is 4.74 Å². The molecule has 1 saturated carbocycles. The number of nitrogens with zero attached hydrogens (tertiary/aromatic N) is 1. The summed E-state index contributed by atoms with van der Waals surface area (Å²) in [5, 5.41) is 0. The number of piperidine rings is 1. The quantitative estimate of drug-likeness (QED) is 0.313. The highest BCUT2D eigenvalue weighted by atomic mass is 19.4. The first-order chi connectivity index (χ1) is 18.5. The predicted octanol–water partition coefficient (Wildman–Crippen LogP) is 8.24. The molecular weight excluding hydrogens is 503 g/mol. The van der Waals surface area contributed by atoms with Crippen molar-refractivity contribution < 1.29 is 27.4 Å². The van der Waals surface area contributed by atoms with Gasteiger partial charge in [-0.3, -0.25) is 4.79 Å². The van der Waals surface area contributed by atoms with Gasteiger partial charge < -0.3 is 14.4 Å². The standard InChI is InChI=1S/C32H42F3NO3/c1-31(2,3)39-30(37)17-20-36-18-15-25(16-19-36)24-10-12-27(13-11-24)38-22-23-9-14-28(26-7-5-4-6-8-26)29(21-23)32(33,34)35/h9-14,21,25-26H,4-8,15-20,22H2,1-3H3. The molecule has 2 fully saturated rings. The SMILES string of the molecule is CC(C)(C)OC(=O)CCN1CCC(c2ccc(OCc3ccc(C4CCCCC4)c(C(F)(F)F)c3)cc2)CC1. The highest BCUT2D eigenvalue weighted by Gasteiger charge is 2.35. The van der Waals surface area contributed by atoms with E-state index in [9.17, 15) is 18.0 Å². The highest BCUT2D eigenvalue weighted by molar-refractivity contribution is 5.70. The number of esters is 1. The van der Waals surface area contributed by atoms with Crippen LogP contribution in [0.5, 0.6) is 5.75 Å². The molecule has 39 heavy (non-hydrogen) atoms. The van der Waals surface area contributed by atoms with E-state index in [0.29, 0.717) is 35.8 Å². The van der Waals surface area contributed by atoms with Crippen LogP contribution in [0, 0.1) is 0 Å². The average molecular weight is 546 g/mol. The number of hydrogen-bond acceptors (Lipinski definition) is 4. The number of benzene rings is 2. The third-order valence-corrected chi connectivity index (χ3v) is 7.86. The molecule has 1 saturated heterocycles. The lowest BCUT2D eigenvalue weighted by Gasteiger charge is -2.32. The molecule has 0 N–H and O–H groups in total. The molecule has 2 aromatic rings. The molecule has 0 amide bonds. The Bertz CT molecular complexity index is 1080. The molecule has 4 rings (SSSR count). The molecule has 1 aliphatic carbocycles. The predicted molar refractivity (Wildman–Crippen MR) is 147 cm³/mol. The number of hydrogen-bond donors (Lipinski definition) is 0. The smallest absolute Gasteiger partial charge is 0.416 e. The molecule has 2 aromatic carbocycles. The number of alkyl halides is 3. The monoisotopic (exact) mass is 545 g/mol. The van der Waals surface area contributed by atoms with Gasteiger partial charge in [-0.15, -0.1) is 0 Å². The molecular formula is C32H42F3NO3. The van der Waals surface area contributed by atoms with E-state index in [1.54, 1.807) is 12.1 Å². The molecule has 0 spiro atoms. The fraction of sp³-hybridized carbons (Fsp3) is 0.594. The van der Waals surface area contributed by atoms with Gasteiger partial charge in [-0.2, -0.15) is 13.2 Å². The van der Waals surface area contributed by atoms with Crippen LogP contribution >= 0.6 is 0 Å². The van der Waals surface area contributed by atoms with Crippen LogP contribution in [-0.2, 0) is 22.3 Å². The van der Waals surface area contributed by atoms with Gasteiger partial charge in [-0.1, -0.05) is 43.5 Å². The van der Waals surface area contributed by atoms with Crippen molar-refractivity contribution in [2.24, 2.45) is 0 Å². The maximum absolute atomic E-state index is 13.9. The zero-order valence-corrected chi connectivity index (χ0v) is 23.5. The van der Waals surface area contributed by atoms with E-state index in [2.05, 4.69) is 17.0 Å². The number of rotatable bonds is 8. The fourth-order valence-corrected chi connectivity index (χ4v) is 5.84. The molecule has 1 aliphatic heterocycles. The lowest BCUT2D eigenvalue weighted by atomic mass is 9.81.